The number of hydrogen-bond acceptors (Lipinski definition) is 8. The van der Waals surface area contributed by atoms with Gasteiger partial charge in [-0.3, -0.25) is 0 Å². The summed E-state index contributed by atoms with van der Waals surface area (Å²) in [6.07, 6.45) is 2.04. The van der Waals surface area contributed by atoms with Crippen LogP contribution in [0.4, 0.5) is 0 Å². The van der Waals surface area contributed by atoms with E-state index in [-0.39, 0.29) is 0 Å². The summed E-state index contributed by atoms with van der Waals surface area (Å²) >= 11 is 0. The Labute approximate surface area is 169 Å². The van der Waals surface area contributed by atoms with E-state index >= 15 is 0 Å². The second-order valence-electron chi connectivity index (χ2n) is 5.69. The quantitative estimate of drug-likeness (QED) is 0.269. The van der Waals surface area contributed by atoms with Crippen molar-refractivity contribution in [3.8, 4) is 0 Å². The molecule has 27 heavy (non-hydrogen) atoms. The minimum absolute atomic E-state index is 0.659. The lowest BCUT2D eigenvalue weighted by atomic mass is 10.5. The van der Waals surface area contributed by atoms with E-state index in [1.165, 1.54) is 0 Å². The number of nitrogens with one attached hydrogen (secondary N) is 2. The van der Waals surface area contributed by atoms with Crippen molar-refractivity contribution in [2.75, 3.05) is 68.3 Å². The van der Waals surface area contributed by atoms with Gasteiger partial charge in [-0.2, -0.15) is 0 Å². The van der Waals surface area contributed by atoms with Gasteiger partial charge in [0, 0.05) is 53.2 Å². The Balaban J connectivity index is 0. The van der Waals surface area contributed by atoms with Gasteiger partial charge in [0.15, 0.2) is 0 Å². The topological polar surface area (TPSA) is 79.4 Å². The average Bonchev–Trinajstić information content (AvgIpc) is 2.67. The SMILES string of the molecule is CCO[Si](CCCNC)(OCC)OCC.CNCCC[Si](OC)(OC)OC. The molecule has 10 heteroatoms. The third-order valence-electron chi connectivity index (χ3n) is 3.85. The molecule has 0 radical (unpaired) electrons. The molecule has 0 unspecified atom stereocenters. The van der Waals surface area contributed by atoms with Crippen molar-refractivity contribution in [3.63, 3.8) is 0 Å². The van der Waals surface area contributed by atoms with Crippen LogP contribution >= 0.6 is 0 Å². The van der Waals surface area contributed by atoms with E-state index < -0.39 is 17.6 Å². The summed E-state index contributed by atoms with van der Waals surface area (Å²) in [5, 5.41) is 6.19. The van der Waals surface area contributed by atoms with Crippen molar-refractivity contribution in [2.24, 2.45) is 0 Å². The lowest BCUT2D eigenvalue weighted by Crippen LogP contribution is -2.46. The molecule has 0 aliphatic rings. The Morgan fingerprint density at radius 3 is 1.19 bits per heavy atom. The first-order valence-corrected chi connectivity index (χ1v) is 13.7. The third-order valence-corrected chi connectivity index (χ3v) is 9.83. The van der Waals surface area contributed by atoms with Crippen molar-refractivity contribution >= 4 is 17.6 Å². The van der Waals surface area contributed by atoms with Crippen molar-refractivity contribution in [3.05, 3.63) is 0 Å². The van der Waals surface area contributed by atoms with E-state index in [0.717, 1.165) is 38.0 Å². The molecule has 8 nitrogen and oxygen atoms in total. The molecule has 0 saturated heterocycles. The summed E-state index contributed by atoms with van der Waals surface area (Å²) in [6, 6.07) is 1.75. The molecule has 0 rings (SSSR count). The molecule has 0 bridgehead atoms. The first-order chi connectivity index (χ1) is 13.0. The van der Waals surface area contributed by atoms with E-state index in [1.54, 1.807) is 21.3 Å². The first kappa shape index (κ1) is 29.3. The molecule has 0 aromatic heterocycles. The molecule has 0 atom stereocenters. The predicted molar refractivity (Wildman–Crippen MR) is 114 cm³/mol. The van der Waals surface area contributed by atoms with Crippen LogP contribution in [0.1, 0.15) is 33.6 Å². The third kappa shape index (κ3) is 13.8. The van der Waals surface area contributed by atoms with Crippen molar-refractivity contribution in [1.82, 2.24) is 10.6 Å². The normalized spacial score (nSPS) is 12.0. The maximum Gasteiger partial charge on any atom is 0.500 e. The Bertz CT molecular complexity index is 288. The van der Waals surface area contributed by atoms with E-state index in [4.69, 9.17) is 26.6 Å². The standard InChI is InChI=1S/C10H25NO3Si.C7H19NO3Si/c1-5-12-15(13-6-2,14-7-3)10-8-9-11-4;1-8-6-5-7-12(9-2,10-3)11-4/h11H,5-10H2,1-4H3;8H,5-7H2,1-4H3. The van der Waals surface area contributed by atoms with E-state index in [0.29, 0.717) is 19.8 Å². The van der Waals surface area contributed by atoms with Gasteiger partial charge in [-0.15, -0.1) is 0 Å². The Hall–Kier alpha value is 0.114. The summed E-state index contributed by atoms with van der Waals surface area (Å²) < 4.78 is 32.9. The molecule has 0 aromatic rings. The van der Waals surface area contributed by atoms with Crippen LogP contribution < -0.4 is 10.6 Å². The summed E-state index contributed by atoms with van der Waals surface area (Å²) in [7, 11) is 4.12. The van der Waals surface area contributed by atoms with Crippen LogP contribution in [0.2, 0.25) is 12.1 Å². The fraction of sp³-hybridized carbons (Fsp3) is 1.00. The molecule has 0 aromatic carbocycles. The Morgan fingerprint density at radius 2 is 0.926 bits per heavy atom. The molecule has 0 fully saturated rings. The Kier molecular flexibility index (Phi) is 21.1. The lowest BCUT2D eigenvalue weighted by Gasteiger charge is -2.28. The van der Waals surface area contributed by atoms with Gasteiger partial charge in [0.1, 0.15) is 0 Å². The molecule has 0 amide bonds. The monoisotopic (exact) mass is 428 g/mol. The molecule has 0 heterocycles. The maximum atomic E-state index is 5.72. The molecule has 2 N–H and O–H groups in total. The van der Waals surface area contributed by atoms with Gasteiger partial charge >= 0.3 is 17.6 Å². The van der Waals surface area contributed by atoms with Gasteiger partial charge in [0.2, 0.25) is 0 Å². The van der Waals surface area contributed by atoms with Crippen molar-refractivity contribution in [2.45, 2.75) is 45.7 Å². The van der Waals surface area contributed by atoms with E-state index in [2.05, 4.69) is 10.6 Å². The highest BCUT2D eigenvalue weighted by Gasteiger charge is 2.39. The van der Waals surface area contributed by atoms with Crippen LogP contribution in [0.3, 0.4) is 0 Å². The van der Waals surface area contributed by atoms with Crippen LogP contribution in [0.15, 0.2) is 0 Å². The zero-order valence-corrected chi connectivity index (χ0v) is 20.8. The number of hydrogen-bond donors (Lipinski definition) is 2. The van der Waals surface area contributed by atoms with E-state index in [1.807, 2.05) is 34.9 Å². The molecular formula is C17H44N2O6Si2. The highest BCUT2D eigenvalue weighted by molar-refractivity contribution is 6.61. The molecular weight excluding hydrogens is 384 g/mol. The van der Waals surface area contributed by atoms with Crippen LogP contribution in [0, 0.1) is 0 Å². The van der Waals surface area contributed by atoms with Gasteiger partial charge in [0.05, 0.1) is 0 Å². The summed E-state index contributed by atoms with van der Waals surface area (Å²) in [6.45, 7) is 9.86. The minimum atomic E-state index is -2.37. The van der Waals surface area contributed by atoms with E-state index in [9.17, 15) is 0 Å². The van der Waals surface area contributed by atoms with Crippen molar-refractivity contribution in [1.29, 1.82) is 0 Å². The molecule has 166 valence electrons. The second-order valence-corrected chi connectivity index (χ2v) is 11.5. The lowest BCUT2D eigenvalue weighted by molar-refractivity contribution is 0.0708. The second kappa shape index (κ2) is 19.4. The predicted octanol–water partition coefficient (Wildman–Crippen LogP) is 2.12. The number of rotatable bonds is 17. The van der Waals surface area contributed by atoms with Crippen LogP contribution in [0.5, 0.6) is 0 Å². The molecule has 0 aliphatic carbocycles. The van der Waals surface area contributed by atoms with Crippen LogP contribution in [0.25, 0.3) is 0 Å². The summed E-state index contributed by atoms with van der Waals surface area (Å²) in [5.41, 5.74) is 0. The fourth-order valence-electron chi connectivity index (χ4n) is 2.52. The van der Waals surface area contributed by atoms with Gasteiger partial charge in [-0.05, 0) is 60.8 Å². The van der Waals surface area contributed by atoms with Gasteiger partial charge in [-0.1, -0.05) is 0 Å². The average molecular weight is 429 g/mol. The molecule has 0 saturated carbocycles. The van der Waals surface area contributed by atoms with Crippen LogP contribution in [-0.2, 0) is 26.6 Å². The van der Waals surface area contributed by atoms with Crippen LogP contribution in [-0.4, -0.2) is 85.9 Å². The molecule has 0 spiro atoms. The summed E-state index contributed by atoms with van der Waals surface area (Å²) in [5.74, 6) is 0. The van der Waals surface area contributed by atoms with Gasteiger partial charge in [0.25, 0.3) is 0 Å². The fourth-order valence-corrected chi connectivity index (χ4v) is 6.86. The Morgan fingerprint density at radius 1 is 0.593 bits per heavy atom. The van der Waals surface area contributed by atoms with Crippen molar-refractivity contribution < 1.29 is 26.6 Å². The largest absolute Gasteiger partial charge is 0.500 e. The molecule has 0 aliphatic heterocycles. The zero-order chi connectivity index (χ0) is 21.0. The summed E-state index contributed by atoms with van der Waals surface area (Å²) in [4.78, 5) is 0. The zero-order valence-electron chi connectivity index (χ0n) is 18.8. The maximum absolute atomic E-state index is 5.72. The highest BCUT2D eigenvalue weighted by Crippen LogP contribution is 2.17. The van der Waals surface area contributed by atoms with Gasteiger partial charge < -0.3 is 37.2 Å². The minimum Gasteiger partial charge on any atom is -0.377 e. The highest BCUT2D eigenvalue weighted by atomic mass is 28.4. The first-order valence-electron chi connectivity index (χ1n) is 9.85. The van der Waals surface area contributed by atoms with Gasteiger partial charge in [-0.25, -0.2) is 0 Å². The smallest absolute Gasteiger partial charge is 0.377 e.